The number of rotatable bonds is 9. The van der Waals surface area contributed by atoms with Gasteiger partial charge in [-0.25, -0.2) is 0 Å². The van der Waals surface area contributed by atoms with Crippen LogP contribution in [0.2, 0.25) is 0 Å². The normalized spacial score (nSPS) is 14.3. The minimum absolute atomic E-state index is 0.00817. The van der Waals surface area contributed by atoms with Crippen molar-refractivity contribution < 1.29 is 14.3 Å². The summed E-state index contributed by atoms with van der Waals surface area (Å²) in [6.07, 6.45) is 2.05. The summed E-state index contributed by atoms with van der Waals surface area (Å²) in [5.41, 5.74) is 1.63. The maximum Gasteiger partial charge on any atom is 0.251 e. The van der Waals surface area contributed by atoms with E-state index in [9.17, 15) is 9.59 Å². The molecule has 0 aliphatic heterocycles. The van der Waals surface area contributed by atoms with E-state index in [-0.39, 0.29) is 23.8 Å². The highest BCUT2D eigenvalue weighted by Crippen LogP contribution is 2.29. The Morgan fingerprint density at radius 3 is 2.28 bits per heavy atom. The minimum Gasteiger partial charge on any atom is -0.494 e. The maximum absolute atomic E-state index is 13.4. The minimum atomic E-state index is -0.557. The quantitative estimate of drug-likeness (QED) is 0.699. The molecule has 5 nitrogen and oxygen atoms in total. The lowest BCUT2D eigenvalue weighted by atomic mass is 10.0. The van der Waals surface area contributed by atoms with Gasteiger partial charge in [-0.1, -0.05) is 44.2 Å². The van der Waals surface area contributed by atoms with Gasteiger partial charge in [-0.05, 0) is 55.5 Å². The van der Waals surface area contributed by atoms with E-state index in [2.05, 4.69) is 5.32 Å². The molecule has 0 bridgehead atoms. The van der Waals surface area contributed by atoms with Gasteiger partial charge in [0.25, 0.3) is 5.91 Å². The monoisotopic (exact) mass is 394 g/mol. The number of nitrogens with zero attached hydrogens (tertiary/aromatic N) is 1. The van der Waals surface area contributed by atoms with Gasteiger partial charge in [-0.2, -0.15) is 0 Å². The number of hydrogen-bond donors (Lipinski definition) is 1. The van der Waals surface area contributed by atoms with Gasteiger partial charge in [0.05, 0.1) is 6.61 Å². The molecular weight excluding hydrogens is 364 g/mol. The second-order valence-corrected chi connectivity index (χ2v) is 7.84. The molecule has 1 fully saturated rings. The molecule has 0 heterocycles. The van der Waals surface area contributed by atoms with Crippen LogP contribution in [-0.4, -0.2) is 35.4 Å². The van der Waals surface area contributed by atoms with Crippen molar-refractivity contribution in [3.63, 3.8) is 0 Å². The molecule has 29 heavy (non-hydrogen) atoms. The fourth-order valence-electron chi connectivity index (χ4n) is 3.34. The molecule has 154 valence electrons. The fraction of sp³-hybridized carbons (Fsp3) is 0.417. The third-order valence-corrected chi connectivity index (χ3v) is 5.11. The highest BCUT2D eigenvalue weighted by atomic mass is 16.5. The van der Waals surface area contributed by atoms with Crippen molar-refractivity contribution in [2.75, 3.05) is 6.61 Å². The summed E-state index contributed by atoms with van der Waals surface area (Å²) in [6, 6.07) is 16.7. The Balaban J connectivity index is 1.71. The van der Waals surface area contributed by atoms with Crippen LogP contribution in [0.15, 0.2) is 54.6 Å². The van der Waals surface area contributed by atoms with Crippen molar-refractivity contribution in [1.82, 2.24) is 10.2 Å². The summed E-state index contributed by atoms with van der Waals surface area (Å²) in [5, 5.41) is 2.96. The van der Waals surface area contributed by atoms with Gasteiger partial charge in [-0.15, -0.1) is 0 Å². The topological polar surface area (TPSA) is 58.6 Å². The van der Waals surface area contributed by atoms with Gasteiger partial charge in [-0.3, -0.25) is 9.59 Å². The fourth-order valence-corrected chi connectivity index (χ4v) is 3.34. The summed E-state index contributed by atoms with van der Waals surface area (Å²) >= 11 is 0. The molecule has 0 aromatic heterocycles. The molecule has 2 aromatic carbocycles. The predicted molar refractivity (Wildman–Crippen MR) is 114 cm³/mol. The van der Waals surface area contributed by atoms with Crippen LogP contribution in [0.3, 0.4) is 0 Å². The summed E-state index contributed by atoms with van der Waals surface area (Å²) in [4.78, 5) is 28.1. The molecule has 1 aliphatic rings. The first kappa shape index (κ1) is 20.9. The van der Waals surface area contributed by atoms with Crippen LogP contribution in [0.25, 0.3) is 0 Å². The van der Waals surface area contributed by atoms with Crippen molar-refractivity contribution in [1.29, 1.82) is 0 Å². The van der Waals surface area contributed by atoms with Crippen LogP contribution in [0.4, 0.5) is 0 Å². The zero-order chi connectivity index (χ0) is 20.8. The summed E-state index contributed by atoms with van der Waals surface area (Å²) in [7, 11) is 0. The average molecular weight is 395 g/mol. The van der Waals surface area contributed by atoms with E-state index in [1.807, 2.05) is 56.0 Å². The Labute approximate surface area is 173 Å². The van der Waals surface area contributed by atoms with E-state index < -0.39 is 6.04 Å². The van der Waals surface area contributed by atoms with E-state index in [4.69, 9.17) is 4.74 Å². The molecular formula is C24H30N2O3. The van der Waals surface area contributed by atoms with Crippen LogP contribution in [0, 0.1) is 5.92 Å². The summed E-state index contributed by atoms with van der Waals surface area (Å²) in [6.45, 7) is 7.00. The molecule has 0 radical (unpaired) electrons. The molecule has 3 rings (SSSR count). The smallest absolute Gasteiger partial charge is 0.251 e. The Morgan fingerprint density at radius 2 is 1.72 bits per heavy atom. The van der Waals surface area contributed by atoms with Gasteiger partial charge in [0, 0.05) is 18.2 Å². The molecule has 2 aromatic rings. The van der Waals surface area contributed by atoms with Gasteiger partial charge < -0.3 is 15.0 Å². The lowest BCUT2D eigenvalue weighted by molar-refractivity contribution is -0.135. The highest BCUT2D eigenvalue weighted by Gasteiger charge is 2.37. The first-order valence-corrected chi connectivity index (χ1v) is 10.4. The average Bonchev–Trinajstić information content (AvgIpc) is 3.56. The maximum atomic E-state index is 13.4. The summed E-state index contributed by atoms with van der Waals surface area (Å²) in [5.74, 6) is 0.468. The lowest BCUT2D eigenvalue weighted by Gasteiger charge is -2.30. The molecule has 2 amide bonds. The largest absolute Gasteiger partial charge is 0.494 e. The van der Waals surface area contributed by atoms with Crippen LogP contribution < -0.4 is 10.1 Å². The zero-order valence-electron chi connectivity index (χ0n) is 17.4. The van der Waals surface area contributed by atoms with Gasteiger partial charge in [0.1, 0.15) is 11.8 Å². The van der Waals surface area contributed by atoms with Crippen molar-refractivity contribution >= 4 is 11.8 Å². The highest BCUT2D eigenvalue weighted by molar-refractivity contribution is 5.97. The van der Waals surface area contributed by atoms with Gasteiger partial charge in [0.2, 0.25) is 5.91 Å². The molecule has 1 unspecified atom stereocenters. The number of nitrogens with one attached hydrogen (secondary N) is 1. The molecule has 1 N–H and O–H groups in total. The van der Waals surface area contributed by atoms with Crippen molar-refractivity contribution in [3.8, 4) is 5.75 Å². The molecule has 1 atom stereocenters. The number of carbonyl (C=O) groups excluding carboxylic acids is 2. The number of ether oxygens (including phenoxy) is 1. The Morgan fingerprint density at radius 1 is 1.07 bits per heavy atom. The molecule has 0 spiro atoms. The number of hydrogen-bond acceptors (Lipinski definition) is 3. The second kappa shape index (κ2) is 9.59. The SMILES string of the molecule is CCOc1ccc(C(=O)NC(C(=O)N(Cc2ccccc2)C2CC2)C(C)C)cc1. The van der Waals surface area contributed by atoms with E-state index in [0.717, 1.165) is 24.2 Å². The van der Waals surface area contributed by atoms with Crippen LogP contribution in [-0.2, 0) is 11.3 Å². The lowest BCUT2D eigenvalue weighted by Crippen LogP contribution is -2.51. The van der Waals surface area contributed by atoms with Crippen LogP contribution >= 0.6 is 0 Å². The Bertz CT molecular complexity index is 814. The molecule has 5 heteroatoms. The molecule has 0 saturated heterocycles. The van der Waals surface area contributed by atoms with E-state index in [1.165, 1.54) is 0 Å². The Hall–Kier alpha value is -2.82. The van der Waals surface area contributed by atoms with E-state index in [1.54, 1.807) is 24.3 Å². The number of amides is 2. The van der Waals surface area contributed by atoms with Crippen LogP contribution in [0.1, 0.15) is 49.5 Å². The van der Waals surface area contributed by atoms with Crippen LogP contribution in [0.5, 0.6) is 5.75 Å². The second-order valence-electron chi connectivity index (χ2n) is 7.84. The van der Waals surface area contributed by atoms with Crippen molar-refractivity contribution in [2.45, 2.75) is 52.2 Å². The standard InChI is InChI=1S/C24H30N2O3/c1-4-29-21-14-10-19(11-15-21)23(27)25-22(17(2)3)24(28)26(20-12-13-20)16-18-8-6-5-7-9-18/h5-11,14-15,17,20,22H,4,12-13,16H2,1-3H3,(H,25,27). The third kappa shape index (κ3) is 5.59. The number of benzene rings is 2. The Kier molecular flexibility index (Phi) is 6.91. The first-order valence-electron chi connectivity index (χ1n) is 10.4. The third-order valence-electron chi connectivity index (χ3n) is 5.11. The first-order chi connectivity index (χ1) is 14.0. The predicted octanol–water partition coefficient (Wildman–Crippen LogP) is 4.03. The summed E-state index contributed by atoms with van der Waals surface area (Å²) < 4.78 is 5.43. The number of carbonyl (C=O) groups is 2. The van der Waals surface area contributed by atoms with Gasteiger partial charge in [0.15, 0.2) is 0 Å². The van der Waals surface area contributed by atoms with Gasteiger partial charge >= 0.3 is 0 Å². The molecule has 1 saturated carbocycles. The van der Waals surface area contributed by atoms with E-state index in [0.29, 0.717) is 18.7 Å². The molecule has 1 aliphatic carbocycles. The van der Waals surface area contributed by atoms with E-state index >= 15 is 0 Å². The van der Waals surface area contributed by atoms with Crippen molar-refractivity contribution in [2.24, 2.45) is 5.92 Å². The zero-order valence-corrected chi connectivity index (χ0v) is 17.4. The van der Waals surface area contributed by atoms with Crippen molar-refractivity contribution in [3.05, 3.63) is 65.7 Å².